The van der Waals surface area contributed by atoms with Crippen LogP contribution in [0.2, 0.25) is 0 Å². The number of guanidine groups is 1. The van der Waals surface area contributed by atoms with Crippen LogP contribution in [0.1, 0.15) is 39.2 Å². The Balaban J connectivity index is 0.00000729. The second kappa shape index (κ2) is 18.0. The van der Waals surface area contributed by atoms with E-state index in [1.54, 1.807) is 7.11 Å². The molecule has 0 atom stereocenters. The van der Waals surface area contributed by atoms with Crippen LogP contribution < -0.4 is 15.4 Å². The lowest BCUT2D eigenvalue weighted by molar-refractivity contribution is 0.145. The van der Waals surface area contributed by atoms with E-state index in [4.69, 9.17) is 14.5 Å². The van der Waals surface area contributed by atoms with Crippen molar-refractivity contribution in [3.05, 3.63) is 29.8 Å². The number of hydrogen-bond donors (Lipinski definition) is 2. The zero-order valence-electron chi connectivity index (χ0n) is 18.0. The van der Waals surface area contributed by atoms with Crippen molar-refractivity contribution in [3.8, 4) is 5.75 Å². The van der Waals surface area contributed by atoms with Crippen LogP contribution in [0.15, 0.2) is 29.3 Å². The molecule has 162 valence electrons. The van der Waals surface area contributed by atoms with Gasteiger partial charge in [-0.1, -0.05) is 26.0 Å². The van der Waals surface area contributed by atoms with E-state index in [0.717, 1.165) is 76.1 Å². The molecule has 0 spiro atoms. The molecule has 0 saturated carbocycles. The van der Waals surface area contributed by atoms with Gasteiger partial charge in [0.15, 0.2) is 5.96 Å². The average Bonchev–Trinajstić information content (AvgIpc) is 2.71. The molecule has 0 heterocycles. The Morgan fingerprint density at radius 2 is 1.64 bits per heavy atom. The summed E-state index contributed by atoms with van der Waals surface area (Å²) in [7, 11) is 1.68. The van der Waals surface area contributed by atoms with E-state index in [2.05, 4.69) is 41.5 Å². The molecule has 0 unspecified atom stereocenters. The predicted molar refractivity (Wildman–Crippen MR) is 129 cm³/mol. The molecule has 1 aromatic carbocycles. The van der Waals surface area contributed by atoms with E-state index in [-0.39, 0.29) is 24.0 Å². The summed E-state index contributed by atoms with van der Waals surface area (Å²) in [4.78, 5) is 7.16. The minimum atomic E-state index is 0. The fraction of sp³-hybridized carbons (Fsp3) is 0.667. The number of ether oxygens (including phenoxy) is 2. The molecule has 6 nitrogen and oxygen atoms in total. The summed E-state index contributed by atoms with van der Waals surface area (Å²) < 4.78 is 10.6. The number of rotatable bonds is 14. The molecule has 0 aliphatic heterocycles. The van der Waals surface area contributed by atoms with Crippen molar-refractivity contribution in [1.29, 1.82) is 0 Å². The Hall–Kier alpha value is -1.06. The molecule has 0 radical (unpaired) electrons. The summed E-state index contributed by atoms with van der Waals surface area (Å²) in [6.45, 7) is 13.7. The molecule has 0 saturated heterocycles. The third-order valence-electron chi connectivity index (χ3n) is 4.38. The van der Waals surface area contributed by atoms with Crippen LogP contribution >= 0.6 is 24.0 Å². The van der Waals surface area contributed by atoms with Crippen LogP contribution in [-0.2, 0) is 11.3 Å². The Kier molecular flexibility index (Phi) is 17.3. The minimum absolute atomic E-state index is 0. The Labute approximate surface area is 188 Å². The molecule has 1 rings (SSSR count). The zero-order valence-corrected chi connectivity index (χ0v) is 20.3. The SMILES string of the molecule is CCOCCCNC(=NCc1ccc(OC)cc1)NCCCN(CC)CC.I. The Morgan fingerprint density at radius 3 is 2.21 bits per heavy atom. The van der Waals surface area contributed by atoms with Gasteiger partial charge in [-0.15, -0.1) is 24.0 Å². The molecule has 1 aromatic rings. The van der Waals surface area contributed by atoms with E-state index in [0.29, 0.717) is 6.54 Å². The second-order valence-electron chi connectivity index (χ2n) is 6.30. The van der Waals surface area contributed by atoms with E-state index in [9.17, 15) is 0 Å². The number of benzene rings is 1. The highest BCUT2D eigenvalue weighted by atomic mass is 127. The van der Waals surface area contributed by atoms with E-state index in [1.807, 2.05) is 19.1 Å². The first kappa shape index (κ1) is 26.9. The van der Waals surface area contributed by atoms with Gasteiger partial charge in [0.2, 0.25) is 0 Å². The standard InChI is InChI=1S/C21H38N4O2.HI/c1-5-25(6-2)16-8-14-22-21(23-15-9-17-27-7-3)24-18-19-10-12-20(26-4)13-11-19;/h10-13H,5-9,14-18H2,1-4H3,(H2,22,23,24);1H. The van der Waals surface area contributed by atoms with Crippen molar-refractivity contribution in [2.45, 2.75) is 40.2 Å². The molecule has 0 fully saturated rings. The molecular formula is C21H39IN4O2. The lowest BCUT2D eigenvalue weighted by Gasteiger charge is -2.18. The maximum absolute atomic E-state index is 5.40. The highest BCUT2D eigenvalue weighted by molar-refractivity contribution is 14.0. The summed E-state index contributed by atoms with van der Waals surface area (Å²) in [5.41, 5.74) is 1.16. The Morgan fingerprint density at radius 1 is 1.00 bits per heavy atom. The van der Waals surface area contributed by atoms with Gasteiger partial charge in [-0.3, -0.25) is 0 Å². The second-order valence-corrected chi connectivity index (χ2v) is 6.30. The number of hydrogen-bond acceptors (Lipinski definition) is 4. The predicted octanol–water partition coefficient (Wildman–Crippen LogP) is 3.51. The molecular weight excluding hydrogens is 467 g/mol. The summed E-state index contributed by atoms with van der Waals surface area (Å²) in [6.07, 6.45) is 2.07. The van der Waals surface area contributed by atoms with Crippen LogP contribution in [-0.4, -0.2) is 63.9 Å². The van der Waals surface area contributed by atoms with Crippen LogP contribution in [0.5, 0.6) is 5.75 Å². The Bertz CT molecular complexity index is 508. The van der Waals surface area contributed by atoms with Crippen molar-refractivity contribution >= 4 is 29.9 Å². The van der Waals surface area contributed by atoms with Gasteiger partial charge in [0.1, 0.15) is 5.75 Å². The van der Waals surface area contributed by atoms with Gasteiger partial charge in [-0.25, -0.2) is 4.99 Å². The first-order valence-corrected chi connectivity index (χ1v) is 10.2. The van der Waals surface area contributed by atoms with E-state index in [1.165, 1.54) is 0 Å². The van der Waals surface area contributed by atoms with Gasteiger partial charge in [-0.2, -0.15) is 0 Å². The largest absolute Gasteiger partial charge is 0.497 e. The lowest BCUT2D eigenvalue weighted by Crippen LogP contribution is -2.39. The number of nitrogens with one attached hydrogen (secondary N) is 2. The van der Waals surface area contributed by atoms with Crippen molar-refractivity contribution in [1.82, 2.24) is 15.5 Å². The summed E-state index contributed by atoms with van der Waals surface area (Å²) in [6, 6.07) is 8.04. The number of aliphatic imine (C=N–C) groups is 1. The van der Waals surface area contributed by atoms with Gasteiger partial charge >= 0.3 is 0 Å². The van der Waals surface area contributed by atoms with E-state index < -0.39 is 0 Å². The van der Waals surface area contributed by atoms with Gasteiger partial charge in [0.05, 0.1) is 13.7 Å². The van der Waals surface area contributed by atoms with Crippen molar-refractivity contribution in [2.24, 2.45) is 4.99 Å². The summed E-state index contributed by atoms with van der Waals surface area (Å²) in [5, 5.41) is 6.86. The molecule has 0 aromatic heterocycles. The maximum Gasteiger partial charge on any atom is 0.191 e. The normalized spacial score (nSPS) is 11.2. The molecule has 7 heteroatoms. The highest BCUT2D eigenvalue weighted by Crippen LogP contribution is 2.11. The minimum Gasteiger partial charge on any atom is -0.497 e. The first-order valence-electron chi connectivity index (χ1n) is 10.2. The summed E-state index contributed by atoms with van der Waals surface area (Å²) >= 11 is 0. The van der Waals surface area contributed by atoms with Gasteiger partial charge in [0.25, 0.3) is 0 Å². The molecule has 28 heavy (non-hydrogen) atoms. The zero-order chi connectivity index (χ0) is 19.7. The van der Waals surface area contributed by atoms with Crippen LogP contribution in [0.25, 0.3) is 0 Å². The molecule has 0 aliphatic rings. The van der Waals surface area contributed by atoms with Crippen molar-refractivity contribution in [2.75, 3.05) is 53.0 Å². The average molecular weight is 506 g/mol. The van der Waals surface area contributed by atoms with Crippen molar-refractivity contribution < 1.29 is 9.47 Å². The van der Waals surface area contributed by atoms with Gasteiger partial charge < -0.3 is 25.0 Å². The smallest absolute Gasteiger partial charge is 0.191 e. The van der Waals surface area contributed by atoms with Gasteiger partial charge in [0, 0.05) is 26.3 Å². The first-order chi connectivity index (χ1) is 13.2. The quantitative estimate of drug-likeness (QED) is 0.175. The third kappa shape index (κ3) is 12.4. The van der Waals surface area contributed by atoms with Gasteiger partial charge in [-0.05, 0) is 57.1 Å². The molecule has 0 aliphatic carbocycles. The third-order valence-corrected chi connectivity index (χ3v) is 4.38. The highest BCUT2D eigenvalue weighted by Gasteiger charge is 2.02. The topological polar surface area (TPSA) is 58.1 Å². The van der Waals surface area contributed by atoms with Crippen LogP contribution in [0, 0.1) is 0 Å². The number of nitrogens with zero attached hydrogens (tertiary/aromatic N) is 2. The molecule has 0 amide bonds. The fourth-order valence-corrected chi connectivity index (χ4v) is 2.65. The molecule has 0 bridgehead atoms. The van der Waals surface area contributed by atoms with Crippen molar-refractivity contribution in [3.63, 3.8) is 0 Å². The van der Waals surface area contributed by atoms with Crippen LogP contribution in [0.4, 0.5) is 0 Å². The monoisotopic (exact) mass is 506 g/mol. The lowest BCUT2D eigenvalue weighted by atomic mass is 10.2. The van der Waals surface area contributed by atoms with E-state index >= 15 is 0 Å². The fourth-order valence-electron chi connectivity index (χ4n) is 2.65. The number of halogens is 1. The maximum atomic E-state index is 5.40. The van der Waals surface area contributed by atoms with Crippen LogP contribution in [0.3, 0.4) is 0 Å². The summed E-state index contributed by atoms with van der Waals surface area (Å²) in [5.74, 6) is 1.73. The molecule has 2 N–H and O–H groups in total. The number of methoxy groups -OCH3 is 1.